The molecule has 0 bridgehead atoms. The summed E-state index contributed by atoms with van der Waals surface area (Å²) in [5.41, 5.74) is 3.26. The molecular formula is C26H27NO5. The summed E-state index contributed by atoms with van der Waals surface area (Å²) in [5, 5.41) is 3.13. The molecule has 1 N–H and O–H groups in total. The lowest BCUT2D eigenvalue weighted by atomic mass is 9.98. The van der Waals surface area contributed by atoms with Gasteiger partial charge in [0.05, 0.1) is 7.11 Å². The Balaban J connectivity index is 1.43. The normalized spacial score (nSPS) is 12.8. The van der Waals surface area contributed by atoms with E-state index in [1.54, 1.807) is 7.11 Å². The lowest BCUT2D eigenvalue weighted by Gasteiger charge is -2.20. The monoisotopic (exact) mass is 433 g/mol. The van der Waals surface area contributed by atoms with Gasteiger partial charge in [-0.25, -0.2) is 0 Å². The lowest BCUT2D eigenvalue weighted by molar-refractivity contribution is -0.123. The van der Waals surface area contributed by atoms with Crippen molar-refractivity contribution in [3.63, 3.8) is 0 Å². The van der Waals surface area contributed by atoms with Crippen LogP contribution in [0.25, 0.3) is 0 Å². The lowest BCUT2D eigenvalue weighted by Crippen LogP contribution is -2.40. The van der Waals surface area contributed by atoms with Crippen LogP contribution >= 0.6 is 0 Å². The van der Waals surface area contributed by atoms with E-state index >= 15 is 0 Å². The van der Waals surface area contributed by atoms with Crippen LogP contribution in [0, 0.1) is 6.92 Å². The minimum Gasteiger partial charge on any atom is -0.497 e. The van der Waals surface area contributed by atoms with Gasteiger partial charge in [-0.15, -0.1) is 0 Å². The molecule has 0 saturated heterocycles. The second-order valence-corrected chi connectivity index (χ2v) is 7.81. The number of nitrogens with one attached hydrogen (secondary N) is 1. The highest BCUT2D eigenvalue weighted by molar-refractivity contribution is 5.78. The Morgan fingerprint density at radius 1 is 0.938 bits per heavy atom. The Hall–Kier alpha value is -3.67. The van der Waals surface area contributed by atoms with Crippen LogP contribution in [-0.2, 0) is 17.6 Å². The fraction of sp³-hybridized carbons (Fsp3) is 0.269. The van der Waals surface area contributed by atoms with Crippen molar-refractivity contribution in [1.29, 1.82) is 0 Å². The SMILES string of the molecule is COc1ccc(CC(Cc2ccc3c(c2)OCO3)NC(=O)COc2cccc(C)c2)cc1. The van der Waals surface area contributed by atoms with E-state index in [1.165, 1.54) is 0 Å². The van der Waals surface area contributed by atoms with Crippen molar-refractivity contribution in [1.82, 2.24) is 5.32 Å². The number of fused-ring (bicyclic) bond motifs is 1. The maximum Gasteiger partial charge on any atom is 0.258 e. The maximum atomic E-state index is 12.7. The second-order valence-electron chi connectivity index (χ2n) is 7.81. The number of methoxy groups -OCH3 is 1. The van der Waals surface area contributed by atoms with Crippen LogP contribution < -0.4 is 24.3 Å². The van der Waals surface area contributed by atoms with Crippen molar-refractivity contribution in [2.75, 3.05) is 20.5 Å². The van der Waals surface area contributed by atoms with Gasteiger partial charge in [-0.05, 0) is 72.9 Å². The van der Waals surface area contributed by atoms with E-state index in [9.17, 15) is 4.79 Å². The molecule has 1 unspecified atom stereocenters. The highest BCUT2D eigenvalue weighted by Crippen LogP contribution is 2.33. The van der Waals surface area contributed by atoms with Crippen LogP contribution in [0.2, 0.25) is 0 Å². The highest BCUT2D eigenvalue weighted by atomic mass is 16.7. The zero-order valence-corrected chi connectivity index (χ0v) is 18.3. The van der Waals surface area contributed by atoms with Crippen LogP contribution in [0.3, 0.4) is 0 Å². The maximum absolute atomic E-state index is 12.7. The molecule has 0 aliphatic carbocycles. The molecule has 0 radical (unpaired) electrons. The van der Waals surface area contributed by atoms with Crippen molar-refractivity contribution in [2.45, 2.75) is 25.8 Å². The van der Waals surface area contributed by atoms with Gasteiger partial charge in [-0.1, -0.05) is 30.3 Å². The first-order valence-corrected chi connectivity index (χ1v) is 10.6. The predicted octanol–water partition coefficient (Wildman–Crippen LogP) is 4.08. The number of rotatable bonds is 9. The molecule has 1 aliphatic rings. The molecule has 1 heterocycles. The molecule has 6 nitrogen and oxygen atoms in total. The molecule has 0 spiro atoms. The van der Waals surface area contributed by atoms with E-state index in [0.29, 0.717) is 18.6 Å². The summed E-state index contributed by atoms with van der Waals surface area (Å²) >= 11 is 0. The molecular weight excluding hydrogens is 406 g/mol. The molecule has 3 aromatic rings. The first kappa shape index (κ1) is 21.6. The van der Waals surface area contributed by atoms with Crippen LogP contribution in [0.5, 0.6) is 23.0 Å². The van der Waals surface area contributed by atoms with Crippen molar-refractivity contribution >= 4 is 5.91 Å². The number of hydrogen-bond acceptors (Lipinski definition) is 5. The van der Waals surface area contributed by atoms with Crippen molar-refractivity contribution in [2.24, 2.45) is 0 Å². The molecule has 3 aromatic carbocycles. The Kier molecular flexibility index (Phi) is 6.80. The smallest absolute Gasteiger partial charge is 0.258 e. The Bertz CT molecular complexity index is 1060. The topological polar surface area (TPSA) is 66.0 Å². The van der Waals surface area contributed by atoms with Gasteiger partial charge >= 0.3 is 0 Å². The molecule has 1 aliphatic heterocycles. The standard InChI is InChI=1S/C26H27NO5/c1-18-4-3-5-23(12-18)30-16-26(28)27-21(13-19-6-9-22(29-2)10-7-19)14-20-8-11-24-25(15-20)32-17-31-24/h3-12,15,21H,13-14,16-17H2,1-2H3,(H,27,28). The highest BCUT2D eigenvalue weighted by Gasteiger charge is 2.18. The fourth-order valence-electron chi connectivity index (χ4n) is 3.70. The molecule has 1 atom stereocenters. The summed E-state index contributed by atoms with van der Waals surface area (Å²) < 4.78 is 21.8. The van der Waals surface area contributed by atoms with Gasteiger partial charge in [-0.3, -0.25) is 4.79 Å². The predicted molar refractivity (Wildman–Crippen MR) is 122 cm³/mol. The number of hydrogen-bond donors (Lipinski definition) is 1. The Morgan fingerprint density at radius 2 is 1.69 bits per heavy atom. The Labute approximate surface area is 188 Å². The second kappa shape index (κ2) is 10.1. The van der Waals surface area contributed by atoms with E-state index in [4.69, 9.17) is 18.9 Å². The molecule has 166 valence electrons. The summed E-state index contributed by atoms with van der Waals surface area (Å²) in [6.07, 6.45) is 1.33. The summed E-state index contributed by atoms with van der Waals surface area (Å²) in [5.74, 6) is 2.81. The summed E-state index contributed by atoms with van der Waals surface area (Å²) in [4.78, 5) is 12.7. The van der Waals surface area contributed by atoms with Gasteiger partial charge in [0.2, 0.25) is 6.79 Å². The largest absolute Gasteiger partial charge is 0.497 e. The van der Waals surface area contributed by atoms with Gasteiger partial charge in [0, 0.05) is 6.04 Å². The van der Waals surface area contributed by atoms with Gasteiger partial charge in [0.15, 0.2) is 18.1 Å². The molecule has 0 aromatic heterocycles. The van der Waals surface area contributed by atoms with Crippen molar-refractivity contribution < 1.29 is 23.7 Å². The third-order valence-corrected chi connectivity index (χ3v) is 5.28. The van der Waals surface area contributed by atoms with Gasteiger partial charge in [0.25, 0.3) is 5.91 Å². The van der Waals surface area contributed by atoms with Crippen LogP contribution in [0.1, 0.15) is 16.7 Å². The quantitative estimate of drug-likeness (QED) is 0.551. The average Bonchev–Trinajstić information content (AvgIpc) is 3.26. The number of ether oxygens (including phenoxy) is 4. The Morgan fingerprint density at radius 3 is 2.47 bits per heavy atom. The van der Waals surface area contributed by atoms with Gasteiger partial charge < -0.3 is 24.3 Å². The number of carbonyl (C=O) groups excluding carboxylic acids is 1. The van der Waals surface area contributed by atoms with Crippen LogP contribution in [0.4, 0.5) is 0 Å². The van der Waals surface area contributed by atoms with Crippen molar-refractivity contribution in [3.05, 3.63) is 83.4 Å². The zero-order valence-electron chi connectivity index (χ0n) is 18.3. The minimum atomic E-state index is -0.161. The van der Waals surface area contributed by atoms with Crippen LogP contribution in [0.15, 0.2) is 66.7 Å². The number of benzene rings is 3. The molecule has 6 heteroatoms. The third kappa shape index (κ3) is 5.72. The number of amides is 1. The zero-order chi connectivity index (χ0) is 22.3. The summed E-state index contributed by atoms with van der Waals surface area (Å²) in [6, 6.07) is 21.3. The molecule has 32 heavy (non-hydrogen) atoms. The van der Waals surface area contributed by atoms with Crippen LogP contribution in [-0.4, -0.2) is 32.5 Å². The minimum absolute atomic E-state index is 0.0380. The summed E-state index contributed by atoms with van der Waals surface area (Å²) in [7, 11) is 1.64. The first-order chi connectivity index (χ1) is 15.6. The van der Waals surface area contributed by atoms with E-state index in [2.05, 4.69) is 5.32 Å². The number of aryl methyl sites for hydroxylation is 1. The number of carbonyl (C=O) groups is 1. The van der Waals surface area contributed by atoms with Gasteiger partial charge in [0.1, 0.15) is 11.5 Å². The molecule has 4 rings (SSSR count). The van der Waals surface area contributed by atoms with E-state index in [1.807, 2.05) is 73.7 Å². The van der Waals surface area contributed by atoms with Crippen molar-refractivity contribution in [3.8, 4) is 23.0 Å². The van der Waals surface area contributed by atoms with E-state index in [-0.39, 0.29) is 25.3 Å². The first-order valence-electron chi connectivity index (χ1n) is 10.6. The van der Waals surface area contributed by atoms with Gasteiger partial charge in [-0.2, -0.15) is 0 Å². The summed E-state index contributed by atoms with van der Waals surface area (Å²) in [6.45, 7) is 2.19. The molecule has 0 fully saturated rings. The fourth-order valence-corrected chi connectivity index (χ4v) is 3.70. The van der Waals surface area contributed by atoms with E-state index in [0.717, 1.165) is 33.9 Å². The van der Waals surface area contributed by atoms with E-state index < -0.39 is 0 Å². The molecule has 0 saturated carbocycles. The average molecular weight is 434 g/mol. The molecule has 1 amide bonds. The third-order valence-electron chi connectivity index (χ3n) is 5.28.